The summed E-state index contributed by atoms with van der Waals surface area (Å²) in [7, 11) is 0. The molecule has 2 aromatic carbocycles. The van der Waals surface area contributed by atoms with Crippen molar-refractivity contribution in [3.8, 4) is 17.2 Å². The normalized spacial score (nSPS) is 10.6. The summed E-state index contributed by atoms with van der Waals surface area (Å²) in [5.41, 5.74) is 2.81. The number of nitrogens with zero attached hydrogens (tertiary/aromatic N) is 1. The van der Waals surface area contributed by atoms with Crippen molar-refractivity contribution in [2.24, 2.45) is 0 Å². The number of carbonyl (C=O) groups excluding carboxylic acids is 1. The van der Waals surface area contributed by atoms with Gasteiger partial charge in [0, 0.05) is 17.1 Å². The highest BCUT2D eigenvalue weighted by Crippen LogP contribution is 2.26. The standard InChI is InChI=1S/C20H19ClN2O3/c1-3-22-19(24)17-9-4-6-13(2)18(17)25-11-16-12-26-20(23-16)14-7-5-8-15(21)10-14/h4-10,12H,3,11H2,1-2H3,(H,22,24). The predicted molar refractivity (Wildman–Crippen MR) is 100 cm³/mol. The minimum Gasteiger partial charge on any atom is -0.486 e. The molecule has 0 fully saturated rings. The number of carbonyl (C=O) groups is 1. The topological polar surface area (TPSA) is 64.4 Å². The van der Waals surface area contributed by atoms with E-state index >= 15 is 0 Å². The SMILES string of the molecule is CCNC(=O)c1cccc(C)c1OCc1coc(-c2cccc(Cl)c2)n1. The molecule has 6 heteroatoms. The van der Waals surface area contributed by atoms with Gasteiger partial charge in [0.05, 0.1) is 5.56 Å². The van der Waals surface area contributed by atoms with Crippen molar-refractivity contribution in [1.29, 1.82) is 0 Å². The van der Waals surface area contributed by atoms with Crippen molar-refractivity contribution >= 4 is 17.5 Å². The van der Waals surface area contributed by atoms with Crippen LogP contribution < -0.4 is 10.1 Å². The van der Waals surface area contributed by atoms with Crippen LogP contribution in [0.25, 0.3) is 11.5 Å². The van der Waals surface area contributed by atoms with E-state index in [1.807, 2.05) is 38.1 Å². The summed E-state index contributed by atoms with van der Waals surface area (Å²) in [6.07, 6.45) is 1.54. The first kappa shape index (κ1) is 18.0. The fraction of sp³-hybridized carbons (Fsp3) is 0.200. The van der Waals surface area contributed by atoms with E-state index in [1.54, 1.807) is 24.5 Å². The second-order valence-corrected chi connectivity index (χ2v) is 6.19. The van der Waals surface area contributed by atoms with E-state index in [0.29, 0.717) is 34.5 Å². The smallest absolute Gasteiger partial charge is 0.255 e. The maximum atomic E-state index is 12.2. The van der Waals surface area contributed by atoms with Crippen molar-refractivity contribution in [1.82, 2.24) is 10.3 Å². The lowest BCUT2D eigenvalue weighted by Gasteiger charge is -2.12. The van der Waals surface area contributed by atoms with Gasteiger partial charge in [0.1, 0.15) is 24.3 Å². The molecule has 0 aliphatic rings. The monoisotopic (exact) mass is 370 g/mol. The Morgan fingerprint density at radius 1 is 1.27 bits per heavy atom. The third kappa shape index (κ3) is 4.06. The van der Waals surface area contributed by atoms with Crippen LogP contribution in [0.3, 0.4) is 0 Å². The van der Waals surface area contributed by atoms with Crippen LogP contribution in [0.15, 0.2) is 53.1 Å². The van der Waals surface area contributed by atoms with Gasteiger partial charge in [0.25, 0.3) is 5.91 Å². The Labute approximate surface area is 157 Å². The molecular weight excluding hydrogens is 352 g/mol. The van der Waals surface area contributed by atoms with Crippen molar-refractivity contribution in [2.45, 2.75) is 20.5 Å². The number of amides is 1. The molecule has 1 N–H and O–H groups in total. The Kier molecular flexibility index (Phi) is 5.58. The number of aromatic nitrogens is 1. The maximum absolute atomic E-state index is 12.2. The Bertz CT molecular complexity index is 921. The third-order valence-electron chi connectivity index (χ3n) is 3.78. The second-order valence-electron chi connectivity index (χ2n) is 5.75. The molecule has 0 unspecified atom stereocenters. The molecule has 0 spiro atoms. The largest absolute Gasteiger partial charge is 0.486 e. The maximum Gasteiger partial charge on any atom is 0.255 e. The lowest BCUT2D eigenvalue weighted by molar-refractivity contribution is 0.0951. The van der Waals surface area contributed by atoms with Gasteiger partial charge in [-0.15, -0.1) is 0 Å². The molecule has 1 heterocycles. The van der Waals surface area contributed by atoms with Gasteiger partial charge in [-0.25, -0.2) is 4.98 Å². The van der Waals surface area contributed by atoms with E-state index < -0.39 is 0 Å². The van der Waals surface area contributed by atoms with E-state index in [2.05, 4.69) is 10.3 Å². The molecule has 0 bridgehead atoms. The predicted octanol–water partition coefficient (Wildman–Crippen LogP) is 4.63. The van der Waals surface area contributed by atoms with Crippen LogP contribution in [-0.4, -0.2) is 17.4 Å². The number of oxazole rings is 1. The summed E-state index contributed by atoms with van der Waals surface area (Å²) in [4.78, 5) is 16.6. The highest BCUT2D eigenvalue weighted by molar-refractivity contribution is 6.30. The minimum absolute atomic E-state index is 0.161. The summed E-state index contributed by atoms with van der Waals surface area (Å²) >= 11 is 6.00. The summed E-state index contributed by atoms with van der Waals surface area (Å²) in [5, 5.41) is 3.41. The lowest BCUT2D eigenvalue weighted by atomic mass is 10.1. The van der Waals surface area contributed by atoms with Crippen molar-refractivity contribution in [2.75, 3.05) is 6.54 Å². The van der Waals surface area contributed by atoms with Crippen LogP contribution in [0, 0.1) is 6.92 Å². The average Bonchev–Trinajstić information content (AvgIpc) is 3.10. The van der Waals surface area contributed by atoms with Crippen LogP contribution in [0.1, 0.15) is 28.5 Å². The van der Waals surface area contributed by atoms with Gasteiger partial charge in [0.2, 0.25) is 5.89 Å². The molecule has 0 atom stereocenters. The quantitative estimate of drug-likeness (QED) is 0.687. The van der Waals surface area contributed by atoms with E-state index in [0.717, 1.165) is 11.1 Å². The van der Waals surface area contributed by atoms with E-state index in [1.165, 1.54) is 0 Å². The third-order valence-corrected chi connectivity index (χ3v) is 4.02. The molecule has 134 valence electrons. The number of ether oxygens (including phenoxy) is 1. The number of benzene rings is 2. The molecule has 1 amide bonds. The number of para-hydroxylation sites is 1. The zero-order valence-corrected chi connectivity index (χ0v) is 15.3. The molecule has 0 radical (unpaired) electrons. The second kappa shape index (κ2) is 8.06. The average molecular weight is 371 g/mol. The van der Waals surface area contributed by atoms with Gasteiger partial charge in [-0.1, -0.05) is 29.8 Å². The molecule has 5 nitrogen and oxygen atoms in total. The highest BCUT2D eigenvalue weighted by atomic mass is 35.5. The van der Waals surface area contributed by atoms with Crippen LogP contribution in [-0.2, 0) is 6.61 Å². The highest BCUT2D eigenvalue weighted by Gasteiger charge is 2.15. The van der Waals surface area contributed by atoms with Crippen LogP contribution in [0.4, 0.5) is 0 Å². The first-order valence-electron chi connectivity index (χ1n) is 8.29. The number of aryl methyl sites for hydroxylation is 1. The minimum atomic E-state index is -0.161. The summed E-state index contributed by atoms with van der Waals surface area (Å²) in [6, 6.07) is 12.8. The molecule has 0 saturated heterocycles. The van der Waals surface area contributed by atoms with Crippen molar-refractivity contribution in [3.05, 3.63) is 70.6 Å². The summed E-state index contributed by atoms with van der Waals surface area (Å²) in [6.45, 7) is 4.53. The van der Waals surface area contributed by atoms with Gasteiger partial charge in [-0.05, 0) is 43.7 Å². The zero-order valence-electron chi connectivity index (χ0n) is 14.6. The molecule has 0 aliphatic carbocycles. The Morgan fingerprint density at radius 3 is 2.85 bits per heavy atom. The Balaban J connectivity index is 1.77. The van der Waals surface area contributed by atoms with Crippen molar-refractivity contribution in [3.63, 3.8) is 0 Å². The molecule has 1 aromatic heterocycles. The van der Waals surface area contributed by atoms with E-state index in [-0.39, 0.29) is 12.5 Å². The Hall–Kier alpha value is -2.79. The van der Waals surface area contributed by atoms with Crippen molar-refractivity contribution < 1.29 is 13.9 Å². The molecule has 0 aliphatic heterocycles. The molecular formula is C20H19ClN2O3. The molecule has 3 aromatic rings. The summed E-state index contributed by atoms with van der Waals surface area (Å²) in [5.74, 6) is 0.858. The number of hydrogen-bond donors (Lipinski definition) is 1. The number of rotatable bonds is 6. The fourth-order valence-electron chi connectivity index (χ4n) is 2.55. The van der Waals surface area contributed by atoms with Gasteiger partial charge in [-0.3, -0.25) is 4.79 Å². The summed E-state index contributed by atoms with van der Waals surface area (Å²) < 4.78 is 11.4. The van der Waals surface area contributed by atoms with E-state index in [4.69, 9.17) is 20.8 Å². The first-order valence-corrected chi connectivity index (χ1v) is 8.67. The number of nitrogens with one attached hydrogen (secondary N) is 1. The van der Waals surface area contributed by atoms with Crippen LogP contribution >= 0.6 is 11.6 Å². The number of halogens is 1. The van der Waals surface area contributed by atoms with E-state index in [9.17, 15) is 4.79 Å². The molecule has 3 rings (SSSR count). The number of hydrogen-bond acceptors (Lipinski definition) is 4. The van der Waals surface area contributed by atoms with Crippen LogP contribution in [0.2, 0.25) is 5.02 Å². The fourth-order valence-corrected chi connectivity index (χ4v) is 2.74. The first-order chi connectivity index (χ1) is 12.6. The van der Waals surface area contributed by atoms with Gasteiger partial charge < -0.3 is 14.5 Å². The molecule has 0 saturated carbocycles. The zero-order chi connectivity index (χ0) is 18.5. The van der Waals surface area contributed by atoms with Gasteiger partial charge >= 0.3 is 0 Å². The van der Waals surface area contributed by atoms with Gasteiger partial charge in [0.15, 0.2) is 0 Å². The van der Waals surface area contributed by atoms with Crippen LogP contribution in [0.5, 0.6) is 5.75 Å². The van der Waals surface area contributed by atoms with Gasteiger partial charge in [-0.2, -0.15) is 0 Å². The lowest BCUT2D eigenvalue weighted by Crippen LogP contribution is -2.23. The molecule has 26 heavy (non-hydrogen) atoms. The Morgan fingerprint density at radius 2 is 2.08 bits per heavy atom.